The zero-order valence-corrected chi connectivity index (χ0v) is 21.7. The maximum absolute atomic E-state index is 14.4. The van der Waals surface area contributed by atoms with Crippen molar-refractivity contribution in [2.75, 3.05) is 19.0 Å². The zero-order chi connectivity index (χ0) is 26.1. The molecular weight excluding hydrogens is 509 g/mol. The van der Waals surface area contributed by atoms with Crippen molar-refractivity contribution in [3.05, 3.63) is 85.1 Å². The molecule has 0 saturated carbocycles. The summed E-state index contributed by atoms with van der Waals surface area (Å²) in [6, 6.07) is 8.48. The summed E-state index contributed by atoms with van der Waals surface area (Å²) in [7, 11) is -3.74. The van der Waals surface area contributed by atoms with Crippen LogP contribution in [0.3, 0.4) is 0 Å². The molecule has 12 heteroatoms. The van der Waals surface area contributed by atoms with Crippen LogP contribution in [0, 0.1) is 11.7 Å². The van der Waals surface area contributed by atoms with E-state index in [2.05, 4.69) is 9.71 Å². The van der Waals surface area contributed by atoms with E-state index < -0.39 is 33.1 Å². The van der Waals surface area contributed by atoms with Crippen molar-refractivity contribution in [2.45, 2.75) is 39.5 Å². The Morgan fingerprint density at radius 3 is 2.72 bits per heavy atom. The van der Waals surface area contributed by atoms with Crippen LogP contribution >= 0.6 is 11.3 Å². The molecule has 2 aromatic heterocycles. The first kappa shape index (κ1) is 27.8. The summed E-state index contributed by atoms with van der Waals surface area (Å²) >= 11 is 1.39. The Balaban J connectivity index is 1.64. The number of hydrogen-bond acceptors (Lipinski definition) is 7. The minimum atomic E-state index is -3.74. The van der Waals surface area contributed by atoms with Gasteiger partial charge in [-0.3, -0.25) is 14.3 Å². The highest BCUT2D eigenvalue weighted by Crippen LogP contribution is 2.30. The normalized spacial score (nSPS) is 13.4. The number of H-pyrrole nitrogens is 1. The summed E-state index contributed by atoms with van der Waals surface area (Å²) in [6.07, 6.45) is 2.37. The van der Waals surface area contributed by atoms with Gasteiger partial charge in [0.25, 0.3) is 5.56 Å². The lowest BCUT2D eigenvalue weighted by Crippen LogP contribution is -2.32. The van der Waals surface area contributed by atoms with Gasteiger partial charge in [0.1, 0.15) is 6.73 Å². The molecule has 0 spiro atoms. The number of nitrogens with one attached hydrogen (secondary N) is 2. The summed E-state index contributed by atoms with van der Waals surface area (Å²) in [4.78, 5) is 25.6. The van der Waals surface area contributed by atoms with Crippen LogP contribution in [0.1, 0.15) is 43.2 Å². The fraction of sp³-hybridized carbons (Fsp3) is 0.417. The molecule has 9 nitrogen and oxygen atoms in total. The standard InChI is InChI=1S/C24H30FN3O6S2/c1-3-17(2)15-34-20-14-18(7-8-19(20)25)23(21-6-4-12-35-21)27-36(31,32)13-5-11-33-16-28-10-9-22(29)26-24(28)30/h4,6-10,12,14,17,23,27H,3,5,11,13,15-16H2,1-2H3,(H,26,29,30)/t17?,23-/m0/s1. The average molecular weight is 540 g/mol. The highest BCUT2D eigenvalue weighted by atomic mass is 32.2. The predicted molar refractivity (Wildman–Crippen MR) is 136 cm³/mol. The highest BCUT2D eigenvalue weighted by molar-refractivity contribution is 7.89. The van der Waals surface area contributed by atoms with E-state index in [1.165, 1.54) is 35.7 Å². The van der Waals surface area contributed by atoms with E-state index in [9.17, 15) is 22.4 Å². The Hall–Kier alpha value is -2.80. The van der Waals surface area contributed by atoms with E-state index in [0.717, 1.165) is 15.9 Å². The van der Waals surface area contributed by atoms with E-state index in [0.29, 0.717) is 12.2 Å². The predicted octanol–water partition coefficient (Wildman–Crippen LogP) is 3.24. The van der Waals surface area contributed by atoms with Gasteiger partial charge in [0.15, 0.2) is 11.6 Å². The van der Waals surface area contributed by atoms with Gasteiger partial charge in [-0.1, -0.05) is 32.4 Å². The second-order valence-corrected chi connectivity index (χ2v) is 11.2. The molecule has 2 N–H and O–H groups in total. The lowest BCUT2D eigenvalue weighted by Gasteiger charge is -2.20. The van der Waals surface area contributed by atoms with Crippen LogP contribution in [0.5, 0.6) is 5.75 Å². The monoisotopic (exact) mass is 539 g/mol. The van der Waals surface area contributed by atoms with Crippen LogP contribution in [0.25, 0.3) is 0 Å². The fourth-order valence-corrected chi connectivity index (χ4v) is 5.32. The number of ether oxygens (including phenoxy) is 2. The largest absolute Gasteiger partial charge is 0.490 e. The number of halogens is 1. The molecule has 3 aromatic rings. The second kappa shape index (κ2) is 12.9. The first-order valence-electron chi connectivity index (χ1n) is 11.5. The Morgan fingerprint density at radius 2 is 2.03 bits per heavy atom. The minimum absolute atomic E-state index is 0.0828. The number of aromatic nitrogens is 2. The van der Waals surface area contributed by atoms with Gasteiger partial charge in [0.05, 0.1) is 18.4 Å². The quantitative estimate of drug-likeness (QED) is 0.304. The van der Waals surface area contributed by atoms with E-state index in [1.807, 2.05) is 31.4 Å². The third-order valence-electron chi connectivity index (χ3n) is 5.46. The van der Waals surface area contributed by atoms with Crippen LogP contribution < -0.4 is 20.7 Å². The number of thiophene rings is 1. The number of sulfonamides is 1. The van der Waals surface area contributed by atoms with Crippen LogP contribution in [0.2, 0.25) is 0 Å². The van der Waals surface area contributed by atoms with Gasteiger partial charge in [-0.2, -0.15) is 0 Å². The minimum Gasteiger partial charge on any atom is -0.490 e. The molecule has 0 amide bonds. The molecule has 2 atom stereocenters. The Morgan fingerprint density at radius 1 is 1.22 bits per heavy atom. The van der Waals surface area contributed by atoms with Crippen molar-refractivity contribution in [3.8, 4) is 5.75 Å². The third kappa shape index (κ3) is 8.12. The molecule has 0 radical (unpaired) electrons. The molecule has 196 valence electrons. The first-order chi connectivity index (χ1) is 17.2. The molecule has 3 rings (SSSR count). The Labute approximate surface area is 213 Å². The van der Waals surface area contributed by atoms with E-state index >= 15 is 0 Å². The smallest absolute Gasteiger partial charge is 0.330 e. The molecule has 2 heterocycles. The first-order valence-corrected chi connectivity index (χ1v) is 14.0. The molecule has 0 aliphatic rings. The van der Waals surface area contributed by atoms with Gasteiger partial charge in [-0.15, -0.1) is 11.3 Å². The van der Waals surface area contributed by atoms with Crippen molar-refractivity contribution in [1.29, 1.82) is 0 Å². The van der Waals surface area contributed by atoms with E-state index in [1.54, 1.807) is 6.07 Å². The molecule has 1 unspecified atom stereocenters. The van der Waals surface area contributed by atoms with E-state index in [4.69, 9.17) is 9.47 Å². The number of hydrogen-bond donors (Lipinski definition) is 2. The SMILES string of the molecule is CCC(C)COc1cc([C@H](NS(=O)(=O)CCCOCn2ccc(=O)[nH]c2=O)c2cccs2)ccc1F. The lowest BCUT2D eigenvalue weighted by molar-refractivity contribution is 0.0744. The van der Waals surface area contributed by atoms with Gasteiger partial charge in [-0.05, 0) is 41.5 Å². The van der Waals surface area contributed by atoms with Crippen LogP contribution in [-0.4, -0.2) is 36.9 Å². The van der Waals surface area contributed by atoms with Crippen LogP contribution in [-0.2, 0) is 21.5 Å². The number of rotatable bonds is 14. The number of benzene rings is 1. The van der Waals surface area contributed by atoms with Gasteiger partial charge in [0, 0.05) is 23.7 Å². The van der Waals surface area contributed by atoms with Gasteiger partial charge in [-0.25, -0.2) is 22.3 Å². The Kier molecular flexibility index (Phi) is 9.99. The van der Waals surface area contributed by atoms with Crippen molar-refractivity contribution in [3.63, 3.8) is 0 Å². The van der Waals surface area contributed by atoms with Gasteiger partial charge < -0.3 is 9.47 Å². The lowest BCUT2D eigenvalue weighted by atomic mass is 10.1. The van der Waals surface area contributed by atoms with Crippen molar-refractivity contribution >= 4 is 21.4 Å². The van der Waals surface area contributed by atoms with Crippen molar-refractivity contribution < 1.29 is 22.3 Å². The average Bonchev–Trinajstić information content (AvgIpc) is 3.37. The van der Waals surface area contributed by atoms with Crippen molar-refractivity contribution in [2.24, 2.45) is 5.92 Å². The second-order valence-electron chi connectivity index (χ2n) is 8.37. The summed E-state index contributed by atoms with van der Waals surface area (Å²) in [6.45, 7) is 4.36. The summed E-state index contributed by atoms with van der Waals surface area (Å²) in [5, 5.41) is 1.84. The summed E-state index contributed by atoms with van der Waals surface area (Å²) < 4.78 is 55.0. The molecule has 36 heavy (non-hydrogen) atoms. The summed E-state index contributed by atoms with van der Waals surface area (Å²) in [5.41, 5.74) is -0.554. The molecule has 0 aliphatic heterocycles. The maximum Gasteiger partial charge on any atom is 0.330 e. The number of aromatic amines is 1. The topological polar surface area (TPSA) is 119 Å². The molecule has 0 fully saturated rings. The zero-order valence-electron chi connectivity index (χ0n) is 20.1. The molecule has 0 aliphatic carbocycles. The molecule has 1 aromatic carbocycles. The maximum atomic E-state index is 14.4. The van der Waals surface area contributed by atoms with Gasteiger partial charge >= 0.3 is 5.69 Å². The van der Waals surface area contributed by atoms with Gasteiger partial charge in [0.2, 0.25) is 10.0 Å². The summed E-state index contributed by atoms with van der Waals surface area (Å²) in [5.74, 6) is -0.383. The highest BCUT2D eigenvalue weighted by Gasteiger charge is 2.23. The number of nitrogens with zero attached hydrogens (tertiary/aromatic N) is 1. The van der Waals surface area contributed by atoms with Crippen molar-refractivity contribution in [1.82, 2.24) is 14.3 Å². The molecule has 0 saturated heterocycles. The Bertz CT molecular complexity index is 1340. The van der Waals surface area contributed by atoms with Crippen LogP contribution in [0.4, 0.5) is 4.39 Å². The molecule has 0 bridgehead atoms. The fourth-order valence-electron chi connectivity index (χ4n) is 3.20. The third-order valence-corrected chi connectivity index (χ3v) is 7.82. The van der Waals surface area contributed by atoms with Crippen LogP contribution in [0.15, 0.2) is 57.6 Å². The molecular formula is C24H30FN3O6S2. The van der Waals surface area contributed by atoms with E-state index in [-0.39, 0.29) is 37.2 Å².